The zero-order chi connectivity index (χ0) is 21.8. The average Bonchev–Trinajstić information content (AvgIpc) is 3.05. The monoisotopic (exact) mass is 432 g/mol. The lowest BCUT2D eigenvalue weighted by molar-refractivity contribution is 0.103. The molecule has 0 spiro atoms. The molecule has 0 aliphatic heterocycles. The van der Waals surface area contributed by atoms with Gasteiger partial charge in [0, 0.05) is 16.3 Å². The lowest BCUT2D eigenvalue weighted by atomic mass is 10.00. The fourth-order valence-corrected chi connectivity index (χ4v) is 3.78. The molecule has 0 fully saturated rings. The van der Waals surface area contributed by atoms with Gasteiger partial charge in [0.15, 0.2) is 0 Å². The molecule has 0 atom stereocenters. The molecule has 3 aromatic rings. The van der Waals surface area contributed by atoms with Crippen LogP contribution in [0.4, 0.5) is 8.78 Å². The second-order valence-corrected chi connectivity index (χ2v) is 7.44. The minimum Gasteiger partial charge on any atom is -0.388 e. The lowest BCUT2D eigenvalue weighted by Gasteiger charge is -2.16. The van der Waals surface area contributed by atoms with Gasteiger partial charge in [-0.3, -0.25) is 9.36 Å². The van der Waals surface area contributed by atoms with Crippen LogP contribution in [-0.4, -0.2) is 20.4 Å². The third-order valence-electron chi connectivity index (χ3n) is 4.87. The van der Waals surface area contributed by atoms with Crippen molar-refractivity contribution in [1.29, 1.82) is 0 Å². The van der Waals surface area contributed by atoms with E-state index in [2.05, 4.69) is 4.98 Å². The van der Waals surface area contributed by atoms with Gasteiger partial charge in [-0.1, -0.05) is 44.4 Å². The summed E-state index contributed by atoms with van der Waals surface area (Å²) in [5.41, 5.74) is 1.49. The molecule has 0 saturated heterocycles. The van der Waals surface area contributed by atoms with E-state index >= 15 is 0 Å². The smallest absolute Gasteiger partial charge is 0.201 e. The standard InChI is InChI=1S/C23H23ClF2N2O2/c1-3-6-18-20(7-4-2)28(21(13-29)27-18)19-11-10-14(24)12-15(19)23(30)22-16(25)8-5-9-17(22)26/h5,8-12,29H,3-4,6-7,13H2,1-2H3. The third kappa shape index (κ3) is 4.16. The first kappa shape index (κ1) is 22.1. The number of hydrogen-bond donors (Lipinski definition) is 1. The van der Waals surface area contributed by atoms with E-state index in [0.29, 0.717) is 24.4 Å². The number of ketones is 1. The summed E-state index contributed by atoms with van der Waals surface area (Å²) >= 11 is 6.13. The first-order valence-corrected chi connectivity index (χ1v) is 10.3. The summed E-state index contributed by atoms with van der Waals surface area (Å²) in [6, 6.07) is 7.89. The average molecular weight is 433 g/mol. The molecule has 7 heteroatoms. The van der Waals surface area contributed by atoms with Gasteiger partial charge < -0.3 is 5.11 Å². The van der Waals surface area contributed by atoms with Gasteiger partial charge in [-0.15, -0.1) is 0 Å². The van der Waals surface area contributed by atoms with Crippen molar-refractivity contribution in [2.24, 2.45) is 0 Å². The van der Waals surface area contributed by atoms with E-state index in [1.807, 2.05) is 13.8 Å². The summed E-state index contributed by atoms with van der Waals surface area (Å²) in [6.07, 6.45) is 3.08. The molecule has 0 radical (unpaired) electrons. The fraction of sp³-hybridized carbons (Fsp3) is 0.304. The number of aryl methyl sites for hydroxylation is 1. The van der Waals surface area contributed by atoms with Gasteiger partial charge in [0.05, 0.1) is 16.9 Å². The number of hydrogen-bond acceptors (Lipinski definition) is 3. The van der Waals surface area contributed by atoms with Crippen molar-refractivity contribution >= 4 is 17.4 Å². The molecular formula is C23H23ClF2N2O2. The zero-order valence-electron chi connectivity index (χ0n) is 16.9. The van der Waals surface area contributed by atoms with Crippen LogP contribution in [0.5, 0.6) is 0 Å². The molecule has 0 bridgehead atoms. The number of imidazole rings is 1. The quantitative estimate of drug-likeness (QED) is 0.483. The zero-order valence-corrected chi connectivity index (χ0v) is 17.6. The SMILES string of the molecule is CCCc1nc(CO)n(-c2ccc(Cl)cc2C(=O)c2c(F)cccc2F)c1CCC. The van der Waals surface area contributed by atoms with Gasteiger partial charge in [-0.25, -0.2) is 13.8 Å². The largest absolute Gasteiger partial charge is 0.388 e. The van der Waals surface area contributed by atoms with E-state index in [-0.39, 0.29) is 17.2 Å². The maximum atomic E-state index is 14.3. The van der Waals surface area contributed by atoms with Crippen LogP contribution in [0.1, 0.15) is 59.8 Å². The van der Waals surface area contributed by atoms with Crippen molar-refractivity contribution in [3.05, 3.63) is 81.4 Å². The maximum Gasteiger partial charge on any atom is 0.201 e. The predicted octanol–water partition coefficient (Wildman–Crippen LogP) is 5.43. The van der Waals surface area contributed by atoms with Crippen molar-refractivity contribution < 1.29 is 18.7 Å². The molecule has 4 nitrogen and oxygen atoms in total. The van der Waals surface area contributed by atoms with Crippen molar-refractivity contribution in [3.8, 4) is 5.69 Å². The van der Waals surface area contributed by atoms with Gasteiger partial charge >= 0.3 is 0 Å². The van der Waals surface area contributed by atoms with E-state index in [9.17, 15) is 18.7 Å². The summed E-state index contributed by atoms with van der Waals surface area (Å²) in [4.78, 5) is 17.8. The maximum absolute atomic E-state index is 14.3. The van der Waals surface area contributed by atoms with Crippen LogP contribution in [0, 0.1) is 11.6 Å². The van der Waals surface area contributed by atoms with E-state index in [1.54, 1.807) is 16.7 Å². The Labute approximate surface area is 179 Å². The van der Waals surface area contributed by atoms with Gasteiger partial charge in [-0.2, -0.15) is 0 Å². The number of nitrogens with zero attached hydrogens (tertiary/aromatic N) is 2. The van der Waals surface area contributed by atoms with E-state index in [4.69, 9.17) is 11.6 Å². The van der Waals surface area contributed by atoms with Gasteiger partial charge in [-0.05, 0) is 43.2 Å². The minimum absolute atomic E-state index is 0.0407. The molecule has 0 saturated carbocycles. The van der Waals surface area contributed by atoms with Crippen molar-refractivity contribution in [2.75, 3.05) is 0 Å². The van der Waals surface area contributed by atoms with Crippen LogP contribution in [0.2, 0.25) is 5.02 Å². The number of rotatable bonds is 8. The van der Waals surface area contributed by atoms with Gasteiger partial charge in [0.2, 0.25) is 5.78 Å². The molecule has 0 aliphatic carbocycles. The Balaban J connectivity index is 2.28. The fourth-order valence-electron chi connectivity index (χ4n) is 3.61. The van der Waals surface area contributed by atoms with E-state index in [1.165, 1.54) is 12.1 Å². The Kier molecular flexibility index (Phi) is 7.00. The summed E-state index contributed by atoms with van der Waals surface area (Å²) in [5.74, 6) is -2.34. The number of benzene rings is 2. The summed E-state index contributed by atoms with van der Waals surface area (Å²) < 4.78 is 30.4. The predicted molar refractivity (Wildman–Crippen MR) is 112 cm³/mol. The normalized spacial score (nSPS) is 11.1. The Hall–Kier alpha value is -2.57. The third-order valence-corrected chi connectivity index (χ3v) is 5.11. The number of aliphatic hydroxyl groups excluding tert-OH is 1. The first-order valence-electron chi connectivity index (χ1n) is 9.91. The van der Waals surface area contributed by atoms with Crippen molar-refractivity contribution in [3.63, 3.8) is 0 Å². The molecule has 3 rings (SSSR count). The second kappa shape index (κ2) is 9.49. The van der Waals surface area contributed by atoms with Crippen LogP contribution in [-0.2, 0) is 19.4 Å². The second-order valence-electron chi connectivity index (χ2n) is 7.00. The molecular weight excluding hydrogens is 410 g/mol. The topological polar surface area (TPSA) is 55.1 Å². The van der Waals surface area contributed by atoms with Crippen LogP contribution in [0.15, 0.2) is 36.4 Å². The van der Waals surface area contributed by atoms with Gasteiger partial charge in [0.1, 0.15) is 24.1 Å². The number of carbonyl (C=O) groups excluding carboxylic acids is 1. The molecule has 0 amide bonds. The molecule has 1 aromatic heterocycles. The molecule has 1 heterocycles. The van der Waals surface area contributed by atoms with E-state index in [0.717, 1.165) is 36.4 Å². The first-order chi connectivity index (χ1) is 14.4. The molecule has 30 heavy (non-hydrogen) atoms. The van der Waals surface area contributed by atoms with E-state index < -0.39 is 23.0 Å². The Morgan fingerprint density at radius 3 is 2.37 bits per heavy atom. The van der Waals surface area contributed by atoms with Gasteiger partial charge in [0.25, 0.3) is 0 Å². The highest BCUT2D eigenvalue weighted by Gasteiger charge is 2.25. The van der Waals surface area contributed by atoms with Crippen LogP contribution in [0.25, 0.3) is 5.69 Å². The van der Waals surface area contributed by atoms with Crippen LogP contribution < -0.4 is 0 Å². The highest BCUT2D eigenvalue weighted by molar-refractivity contribution is 6.31. The Bertz CT molecular complexity index is 1060. The number of halogens is 3. The Morgan fingerprint density at radius 2 is 1.77 bits per heavy atom. The van der Waals surface area contributed by atoms with Crippen LogP contribution in [0.3, 0.4) is 0 Å². The minimum atomic E-state index is -0.945. The highest BCUT2D eigenvalue weighted by Crippen LogP contribution is 2.29. The van der Waals surface area contributed by atoms with Crippen molar-refractivity contribution in [1.82, 2.24) is 9.55 Å². The number of aliphatic hydroxyl groups is 1. The summed E-state index contributed by atoms with van der Waals surface area (Å²) in [7, 11) is 0. The molecule has 2 aromatic carbocycles. The summed E-state index contributed by atoms with van der Waals surface area (Å²) in [5, 5.41) is 10.2. The molecule has 0 unspecified atom stereocenters. The summed E-state index contributed by atoms with van der Waals surface area (Å²) in [6.45, 7) is 3.71. The number of aromatic nitrogens is 2. The van der Waals surface area contributed by atoms with Crippen molar-refractivity contribution in [2.45, 2.75) is 46.1 Å². The van der Waals surface area contributed by atoms with Crippen LogP contribution >= 0.6 is 11.6 Å². The molecule has 158 valence electrons. The highest BCUT2D eigenvalue weighted by atomic mass is 35.5. The Morgan fingerprint density at radius 1 is 1.10 bits per heavy atom. The molecule has 0 aliphatic rings. The lowest BCUT2D eigenvalue weighted by Crippen LogP contribution is -2.14. The number of carbonyl (C=O) groups is 1. The molecule has 1 N–H and O–H groups in total.